The van der Waals surface area contributed by atoms with E-state index in [1.165, 1.54) is 40.6 Å². The van der Waals surface area contributed by atoms with Crippen LogP contribution < -0.4 is 0 Å². The van der Waals surface area contributed by atoms with Crippen LogP contribution in [0.5, 0.6) is 0 Å². The third-order valence-corrected chi connectivity index (χ3v) is 5.07. The van der Waals surface area contributed by atoms with Gasteiger partial charge in [-0.05, 0) is 42.5 Å². The molecular formula is C19H20N4. The van der Waals surface area contributed by atoms with Crippen LogP contribution in [0.15, 0.2) is 36.7 Å². The summed E-state index contributed by atoms with van der Waals surface area (Å²) in [5.41, 5.74) is 5.20. The van der Waals surface area contributed by atoms with Crippen molar-refractivity contribution in [1.29, 1.82) is 0 Å². The molecule has 1 aromatic carbocycles. The summed E-state index contributed by atoms with van der Waals surface area (Å²) in [5.74, 6) is 1.70. The van der Waals surface area contributed by atoms with Crippen molar-refractivity contribution in [2.45, 2.75) is 38.3 Å². The van der Waals surface area contributed by atoms with E-state index in [1.54, 1.807) is 0 Å². The Morgan fingerprint density at radius 2 is 2.17 bits per heavy atom. The van der Waals surface area contributed by atoms with Crippen molar-refractivity contribution >= 4 is 10.9 Å². The Balaban J connectivity index is 1.40. The molecule has 1 saturated carbocycles. The summed E-state index contributed by atoms with van der Waals surface area (Å²) in [5, 5.41) is 1.33. The highest BCUT2D eigenvalue weighted by Gasteiger charge is 2.28. The fraction of sp³-hybridized carbons (Fsp3) is 0.368. The largest absolute Gasteiger partial charge is 0.361 e. The van der Waals surface area contributed by atoms with Crippen molar-refractivity contribution in [2.75, 3.05) is 6.54 Å². The maximum Gasteiger partial charge on any atom is 0.131 e. The molecule has 116 valence electrons. The number of hydrogen-bond acceptors (Lipinski definition) is 3. The molecule has 2 aromatic heterocycles. The van der Waals surface area contributed by atoms with Crippen molar-refractivity contribution in [3.63, 3.8) is 0 Å². The minimum atomic E-state index is 0.629. The summed E-state index contributed by atoms with van der Waals surface area (Å²) in [6.45, 7) is 3.01. The van der Waals surface area contributed by atoms with Crippen LogP contribution in [0.4, 0.5) is 0 Å². The van der Waals surface area contributed by atoms with Gasteiger partial charge in [-0.1, -0.05) is 12.1 Å². The normalized spacial score (nSPS) is 18.3. The average molecular weight is 304 g/mol. The molecule has 0 atom stereocenters. The molecule has 1 N–H and O–H groups in total. The lowest BCUT2D eigenvalue weighted by molar-refractivity contribution is 0.241. The van der Waals surface area contributed by atoms with E-state index in [-0.39, 0.29) is 0 Å². The summed E-state index contributed by atoms with van der Waals surface area (Å²) in [7, 11) is 0. The van der Waals surface area contributed by atoms with Gasteiger partial charge in [-0.25, -0.2) is 9.97 Å². The smallest absolute Gasteiger partial charge is 0.131 e. The lowest BCUT2D eigenvalue weighted by Gasteiger charge is -2.28. The van der Waals surface area contributed by atoms with Crippen molar-refractivity contribution < 1.29 is 0 Å². The maximum absolute atomic E-state index is 4.86. The van der Waals surface area contributed by atoms with E-state index in [9.17, 15) is 0 Å². The Hall–Kier alpha value is -2.20. The van der Waals surface area contributed by atoms with E-state index >= 15 is 0 Å². The monoisotopic (exact) mass is 304 g/mol. The number of H-pyrrole nitrogens is 1. The Morgan fingerprint density at radius 1 is 1.22 bits per heavy atom. The molecule has 1 aliphatic heterocycles. The second-order valence-corrected chi connectivity index (χ2v) is 6.79. The molecule has 0 amide bonds. The van der Waals surface area contributed by atoms with Gasteiger partial charge in [0, 0.05) is 48.8 Å². The molecule has 0 bridgehead atoms. The summed E-state index contributed by atoms with van der Waals surface area (Å²) in [6, 6.07) is 8.69. The summed E-state index contributed by atoms with van der Waals surface area (Å²) >= 11 is 0. The van der Waals surface area contributed by atoms with Crippen molar-refractivity contribution in [1.82, 2.24) is 19.9 Å². The molecule has 3 aromatic rings. The predicted molar refractivity (Wildman–Crippen MR) is 90.1 cm³/mol. The molecule has 0 unspecified atom stereocenters. The zero-order chi connectivity index (χ0) is 15.2. The molecular weight excluding hydrogens is 284 g/mol. The van der Waals surface area contributed by atoms with Crippen molar-refractivity contribution in [3.8, 4) is 0 Å². The number of fused-ring (bicyclic) bond motifs is 2. The number of hydrogen-bond donors (Lipinski definition) is 1. The maximum atomic E-state index is 4.86. The number of aromatic nitrogens is 3. The SMILES string of the molecule is c1cc(CN2CCc3cnc(C4CC4)nc3C2)c2cc[nH]c2c1. The van der Waals surface area contributed by atoms with Crippen LogP contribution in [-0.4, -0.2) is 26.4 Å². The number of nitrogens with zero attached hydrogens (tertiary/aromatic N) is 3. The van der Waals surface area contributed by atoms with Gasteiger partial charge >= 0.3 is 0 Å². The van der Waals surface area contributed by atoms with Gasteiger partial charge < -0.3 is 4.98 Å². The molecule has 2 aliphatic rings. The van der Waals surface area contributed by atoms with Gasteiger partial charge in [0.15, 0.2) is 0 Å². The Labute approximate surface area is 135 Å². The van der Waals surface area contributed by atoms with Gasteiger partial charge in [0.05, 0.1) is 5.69 Å². The molecule has 5 rings (SSSR count). The van der Waals surface area contributed by atoms with Gasteiger partial charge in [-0.15, -0.1) is 0 Å². The Morgan fingerprint density at radius 3 is 3.09 bits per heavy atom. The first-order valence-corrected chi connectivity index (χ1v) is 8.49. The first kappa shape index (κ1) is 13.3. The molecule has 4 heteroatoms. The Kier molecular flexibility index (Phi) is 2.98. The molecule has 3 heterocycles. The topological polar surface area (TPSA) is 44.8 Å². The van der Waals surface area contributed by atoms with Crippen LogP contribution in [-0.2, 0) is 19.5 Å². The van der Waals surface area contributed by atoms with E-state index in [0.717, 1.165) is 31.9 Å². The van der Waals surface area contributed by atoms with Gasteiger partial charge in [0.1, 0.15) is 5.82 Å². The number of aromatic amines is 1. The van der Waals surface area contributed by atoms with Crippen LogP contribution in [0.3, 0.4) is 0 Å². The van der Waals surface area contributed by atoms with E-state index in [4.69, 9.17) is 4.98 Å². The standard InChI is InChI=1S/C19H20N4/c1-2-15(16-6-8-20-17(16)3-1)11-23-9-7-14-10-21-19(13-4-5-13)22-18(14)12-23/h1-3,6,8,10,13,20H,4-5,7,9,11-12H2. The number of rotatable bonds is 3. The zero-order valence-corrected chi connectivity index (χ0v) is 13.1. The molecule has 23 heavy (non-hydrogen) atoms. The highest BCUT2D eigenvalue weighted by Crippen LogP contribution is 2.38. The van der Waals surface area contributed by atoms with E-state index in [0.29, 0.717) is 5.92 Å². The zero-order valence-electron chi connectivity index (χ0n) is 13.1. The Bertz CT molecular complexity index is 863. The first-order valence-electron chi connectivity index (χ1n) is 8.49. The van der Waals surface area contributed by atoms with E-state index < -0.39 is 0 Å². The fourth-order valence-corrected chi connectivity index (χ4v) is 3.58. The highest BCUT2D eigenvalue weighted by molar-refractivity contribution is 5.82. The second kappa shape index (κ2) is 5.17. The van der Waals surface area contributed by atoms with Crippen molar-refractivity contribution in [3.05, 3.63) is 59.3 Å². The average Bonchev–Trinajstić information content (AvgIpc) is 3.32. The molecule has 0 spiro atoms. The minimum absolute atomic E-state index is 0.629. The number of benzene rings is 1. The lowest BCUT2D eigenvalue weighted by atomic mass is 10.0. The van der Waals surface area contributed by atoms with Crippen LogP contribution in [0.1, 0.15) is 41.4 Å². The minimum Gasteiger partial charge on any atom is -0.361 e. The van der Waals surface area contributed by atoms with Gasteiger partial charge in [-0.3, -0.25) is 4.90 Å². The summed E-state index contributed by atoms with van der Waals surface area (Å²) in [4.78, 5) is 15.2. The predicted octanol–water partition coefficient (Wildman–Crippen LogP) is 3.39. The second-order valence-electron chi connectivity index (χ2n) is 6.79. The van der Waals surface area contributed by atoms with Crippen LogP contribution in [0.25, 0.3) is 10.9 Å². The summed E-state index contributed by atoms with van der Waals surface area (Å²) < 4.78 is 0. The lowest BCUT2D eigenvalue weighted by Crippen LogP contribution is -2.31. The van der Waals surface area contributed by atoms with Crippen LogP contribution in [0, 0.1) is 0 Å². The molecule has 1 aliphatic carbocycles. The van der Waals surface area contributed by atoms with Gasteiger partial charge in [-0.2, -0.15) is 0 Å². The molecule has 0 saturated heterocycles. The van der Waals surface area contributed by atoms with Crippen LogP contribution >= 0.6 is 0 Å². The van der Waals surface area contributed by atoms with Crippen LogP contribution in [0.2, 0.25) is 0 Å². The molecule has 1 fully saturated rings. The van der Waals surface area contributed by atoms with E-state index in [1.807, 2.05) is 6.20 Å². The van der Waals surface area contributed by atoms with E-state index in [2.05, 4.69) is 45.3 Å². The fourth-order valence-electron chi connectivity index (χ4n) is 3.58. The van der Waals surface area contributed by atoms with Gasteiger partial charge in [0.2, 0.25) is 0 Å². The van der Waals surface area contributed by atoms with Gasteiger partial charge in [0.25, 0.3) is 0 Å². The third kappa shape index (κ3) is 2.43. The molecule has 4 nitrogen and oxygen atoms in total. The summed E-state index contributed by atoms with van der Waals surface area (Å²) in [6.07, 6.45) is 7.67. The quantitative estimate of drug-likeness (QED) is 0.806. The van der Waals surface area contributed by atoms with Crippen molar-refractivity contribution in [2.24, 2.45) is 0 Å². The first-order chi connectivity index (χ1) is 11.4. The molecule has 0 radical (unpaired) electrons. The number of nitrogens with one attached hydrogen (secondary N) is 1. The highest BCUT2D eigenvalue weighted by atomic mass is 15.1. The third-order valence-electron chi connectivity index (χ3n) is 5.07.